The van der Waals surface area contributed by atoms with Crippen LogP contribution < -0.4 is 0 Å². The van der Waals surface area contributed by atoms with Crippen molar-refractivity contribution in [2.24, 2.45) is 0 Å². The average molecular weight is 496 g/mol. The molecule has 0 spiro atoms. The zero-order valence-corrected chi connectivity index (χ0v) is 21.7. The van der Waals surface area contributed by atoms with Gasteiger partial charge in [0.1, 0.15) is 0 Å². The number of carboxylic acid groups (broad SMARTS) is 1. The predicted octanol–water partition coefficient (Wildman–Crippen LogP) is 7.40. The number of carboxylic acids is 1. The zero-order chi connectivity index (χ0) is 24.9. The van der Waals surface area contributed by atoms with Gasteiger partial charge in [-0.1, -0.05) is 49.9 Å². The van der Waals surface area contributed by atoms with E-state index in [2.05, 4.69) is 44.5 Å². The molecular formula is C32H37N3O2. The third-order valence-electron chi connectivity index (χ3n) is 9.22. The Hall–Kier alpha value is -3.05. The number of aromatic nitrogens is 2. The second-order valence-corrected chi connectivity index (χ2v) is 11.5. The van der Waals surface area contributed by atoms with E-state index in [1.54, 1.807) is 0 Å². The van der Waals surface area contributed by atoms with E-state index in [1.165, 1.54) is 103 Å². The minimum atomic E-state index is -0.846. The first-order valence-electron chi connectivity index (χ1n) is 14.4. The predicted molar refractivity (Wildman–Crippen MR) is 149 cm³/mol. The average Bonchev–Trinajstić information content (AvgIpc) is 3.43. The van der Waals surface area contributed by atoms with Crippen LogP contribution in [0.3, 0.4) is 0 Å². The van der Waals surface area contributed by atoms with Gasteiger partial charge in [0.15, 0.2) is 0 Å². The SMILES string of the molecule is O=C(O)c1ccc2c(C3CCCCC3)c3n(c2c1)CCCn1cc(CN2CCCCC2)c2cccc-3c21. The number of para-hydroxylation sites is 1. The molecule has 2 fully saturated rings. The van der Waals surface area contributed by atoms with Gasteiger partial charge in [-0.05, 0) is 74.4 Å². The maximum Gasteiger partial charge on any atom is 0.335 e. The highest BCUT2D eigenvalue weighted by atomic mass is 16.4. The van der Waals surface area contributed by atoms with Crippen molar-refractivity contribution >= 4 is 27.8 Å². The molecule has 0 radical (unpaired) electrons. The van der Waals surface area contributed by atoms with Gasteiger partial charge < -0.3 is 14.2 Å². The molecule has 5 heteroatoms. The largest absolute Gasteiger partial charge is 0.478 e. The smallest absolute Gasteiger partial charge is 0.335 e. The molecule has 2 aromatic heterocycles. The third-order valence-corrected chi connectivity index (χ3v) is 9.22. The number of nitrogens with zero attached hydrogens (tertiary/aromatic N) is 3. The summed E-state index contributed by atoms with van der Waals surface area (Å²) >= 11 is 0. The van der Waals surface area contributed by atoms with Crippen LogP contribution in [0.15, 0.2) is 42.6 Å². The molecule has 1 saturated heterocycles. The van der Waals surface area contributed by atoms with Crippen molar-refractivity contribution in [1.82, 2.24) is 14.0 Å². The van der Waals surface area contributed by atoms with E-state index in [0.717, 1.165) is 31.6 Å². The van der Waals surface area contributed by atoms with Crippen LogP contribution in [-0.2, 0) is 19.6 Å². The lowest BCUT2D eigenvalue weighted by atomic mass is 9.81. The van der Waals surface area contributed by atoms with Gasteiger partial charge in [-0.25, -0.2) is 4.79 Å². The fraction of sp³-hybridized carbons (Fsp3) is 0.469. The van der Waals surface area contributed by atoms with Crippen molar-refractivity contribution in [2.75, 3.05) is 13.1 Å². The summed E-state index contributed by atoms with van der Waals surface area (Å²) in [6.45, 7) is 5.35. The molecule has 1 N–H and O–H groups in total. The molecule has 3 aliphatic rings. The second-order valence-electron chi connectivity index (χ2n) is 11.5. The molecule has 2 aliphatic heterocycles. The van der Waals surface area contributed by atoms with Crippen LogP contribution in [0.25, 0.3) is 33.1 Å². The molecule has 0 atom stereocenters. The summed E-state index contributed by atoms with van der Waals surface area (Å²) in [5.74, 6) is -0.310. The second kappa shape index (κ2) is 9.36. The zero-order valence-electron chi connectivity index (χ0n) is 21.7. The summed E-state index contributed by atoms with van der Waals surface area (Å²) in [4.78, 5) is 14.5. The molecule has 4 aromatic rings. The first-order valence-corrected chi connectivity index (χ1v) is 14.4. The maximum atomic E-state index is 11.9. The quantitative estimate of drug-likeness (QED) is 0.321. The molecule has 0 unspecified atom stereocenters. The highest BCUT2D eigenvalue weighted by molar-refractivity contribution is 6.03. The number of rotatable bonds is 4. The van der Waals surface area contributed by atoms with E-state index in [1.807, 2.05) is 12.1 Å². The van der Waals surface area contributed by atoms with Gasteiger partial charge in [-0.2, -0.15) is 0 Å². The fourth-order valence-corrected chi connectivity index (χ4v) is 7.52. The first-order chi connectivity index (χ1) is 18.2. The molecule has 192 valence electrons. The topological polar surface area (TPSA) is 50.4 Å². The Labute approximate surface area is 218 Å². The normalized spacial score (nSPS) is 19.1. The third kappa shape index (κ3) is 3.90. The van der Waals surface area contributed by atoms with E-state index in [9.17, 15) is 9.90 Å². The molecule has 0 bridgehead atoms. The van der Waals surface area contributed by atoms with Crippen LogP contribution in [0.5, 0.6) is 0 Å². The summed E-state index contributed by atoms with van der Waals surface area (Å²) < 4.78 is 5.00. The van der Waals surface area contributed by atoms with Gasteiger partial charge in [0, 0.05) is 47.7 Å². The first kappa shape index (κ1) is 23.1. The summed E-state index contributed by atoms with van der Waals surface area (Å²) in [7, 11) is 0. The van der Waals surface area contributed by atoms with Gasteiger partial charge in [0.2, 0.25) is 0 Å². The van der Waals surface area contributed by atoms with Gasteiger partial charge in [0.05, 0.1) is 16.8 Å². The molecule has 1 saturated carbocycles. The lowest BCUT2D eigenvalue weighted by molar-refractivity contribution is 0.0697. The Morgan fingerprint density at radius 3 is 2.49 bits per heavy atom. The number of hydrogen-bond donors (Lipinski definition) is 1. The standard InChI is InChI=1S/C32H37N3O2/c36-32(37)23-13-14-26-28(19-23)35-18-8-17-34-21-24(20-33-15-5-2-6-16-33)25-11-7-12-27(30(25)34)31(35)29(26)22-9-3-1-4-10-22/h7,11-14,19,21-22H,1-6,8-10,15-18,20H2,(H,36,37). The number of carbonyl (C=O) groups is 1. The van der Waals surface area contributed by atoms with E-state index in [4.69, 9.17) is 0 Å². The minimum absolute atomic E-state index is 0.385. The molecule has 7 rings (SSSR count). The number of piperidine rings is 1. The molecule has 1 aliphatic carbocycles. The summed E-state index contributed by atoms with van der Waals surface area (Å²) in [6, 6.07) is 12.7. The Morgan fingerprint density at radius 2 is 1.68 bits per heavy atom. The van der Waals surface area contributed by atoms with Crippen LogP contribution in [0.2, 0.25) is 0 Å². The number of likely N-dealkylation sites (tertiary alicyclic amines) is 1. The minimum Gasteiger partial charge on any atom is -0.478 e. The van der Waals surface area contributed by atoms with Gasteiger partial charge >= 0.3 is 5.97 Å². The van der Waals surface area contributed by atoms with Crippen molar-refractivity contribution in [3.63, 3.8) is 0 Å². The van der Waals surface area contributed by atoms with Gasteiger partial charge in [0.25, 0.3) is 0 Å². The van der Waals surface area contributed by atoms with E-state index in [0.29, 0.717) is 11.5 Å². The molecular weight excluding hydrogens is 458 g/mol. The number of benzene rings is 2. The molecule has 5 nitrogen and oxygen atoms in total. The molecule has 2 aromatic carbocycles. The highest BCUT2D eigenvalue weighted by Crippen LogP contribution is 2.47. The Balaban J connectivity index is 1.47. The van der Waals surface area contributed by atoms with Crippen LogP contribution in [0, 0.1) is 0 Å². The number of aromatic carboxylic acids is 1. The number of aryl methyl sites for hydroxylation is 2. The summed E-state index contributed by atoms with van der Waals surface area (Å²) in [6.07, 6.45) is 13.8. The Bertz CT molecular complexity index is 1480. The van der Waals surface area contributed by atoms with Crippen LogP contribution in [0.1, 0.15) is 85.2 Å². The van der Waals surface area contributed by atoms with Crippen LogP contribution >= 0.6 is 0 Å². The Kier molecular flexibility index (Phi) is 5.84. The monoisotopic (exact) mass is 495 g/mol. The van der Waals surface area contributed by atoms with Crippen LogP contribution in [0.4, 0.5) is 0 Å². The van der Waals surface area contributed by atoms with Crippen LogP contribution in [-0.4, -0.2) is 38.2 Å². The molecule has 0 amide bonds. The Morgan fingerprint density at radius 1 is 0.865 bits per heavy atom. The van der Waals surface area contributed by atoms with E-state index in [-0.39, 0.29) is 0 Å². The lowest BCUT2D eigenvalue weighted by Crippen LogP contribution is -2.28. The molecule has 37 heavy (non-hydrogen) atoms. The summed E-state index contributed by atoms with van der Waals surface area (Å²) in [5, 5.41) is 12.4. The van der Waals surface area contributed by atoms with Gasteiger partial charge in [-0.3, -0.25) is 4.90 Å². The van der Waals surface area contributed by atoms with Crippen molar-refractivity contribution in [1.29, 1.82) is 0 Å². The van der Waals surface area contributed by atoms with Crippen molar-refractivity contribution in [3.8, 4) is 11.3 Å². The van der Waals surface area contributed by atoms with E-state index < -0.39 is 5.97 Å². The maximum absolute atomic E-state index is 11.9. The van der Waals surface area contributed by atoms with Gasteiger partial charge in [-0.15, -0.1) is 0 Å². The van der Waals surface area contributed by atoms with Crippen molar-refractivity contribution < 1.29 is 9.90 Å². The fourth-order valence-electron chi connectivity index (χ4n) is 7.52. The lowest BCUT2D eigenvalue weighted by Gasteiger charge is -2.26. The van der Waals surface area contributed by atoms with Crippen molar-refractivity contribution in [3.05, 3.63) is 59.3 Å². The summed E-state index contributed by atoms with van der Waals surface area (Å²) in [5.41, 5.74) is 8.45. The van der Waals surface area contributed by atoms with Crippen molar-refractivity contribution in [2.45, 2.75) is 83.3 Å². The highest BCUT2D eigenvalue weighted by Gasteiger charge is 2.29. The van der Waals surface area contributed by atoms with E-state index >= 15 is 0 Å². The number of hydrogen-bond acceptors (Lipinski definition) is 2. The molecule has 4 heterocycles. The number of fused-ring (bicyclic) bond motifs is 4.